The second kappa shape index (κ2) is 6.42. The van der Waals surface area contributed by atoms with Crippen molar-refractivity contribution in [2.45, 2.75) is 44.4 Å². The van der Waals surface area contributed by atoms with Crippen LogP contribution in [0.25, 0.3) is 0 Å². The Kier molecular flexibility index (Phi) is 4.02. The highest BCUT2D eigenvalue weighted by atomic mass is 16.2. The number of hydrogen-bond acceptors (Lipinski definition) is 5. The number of nitrogens with one attached hydrogen (secondary N) is 3. The van der Waals surface area contributed by atoms with Crippen LogP contribution < -0.4 is 16.0 Å². The fourth-order valence-electron chi connectivity index (χ4n) is 4.86. The lowest BCUT2D eigenvalue weighted by Crippen LogP contribution is -2.52. The topological polar surface area (TPSA) is 90.5 Å². The zero-order valence-electron chi connectivity index (χ0n) is 15.2. The standard InChI is InChI=1S/C20H24N4O3/c25-18-5-4-17(19(26)23-18)24-10-15-11(2-1-3-13(15)20(24)27)7-21-8-12-9-22-16-6-14(12)16/h1-3,12,14,16-17,21-22H,4-10H2,(H,23,25,26). The Morgan fingerprint density at radius 1 is 1.22 bits per heavy atom. The fraction of sp³-hybridized carbons (Fsp3) is 0.550. The van der Waals surface area contributed by atoms with Gasteiger partial charge in [0.05, 0.1) is 0 Å². The van der Waals surface area contributed by atoms with Gasteiger partial charge in [0.2, 0.25) is 11.8 Å². The van der Waals surface area contributed by atoms with Gasteiger partial charge < -0.3 is 15.5 Å². The van der Waals surface area contributed by atoms with E-state index in [1.807, 2.05) is 12.1 Å². The van der Waals surface area contributed by atoms with E-state index in [0.717, 1.165) is 42.7 Å². The lowest BCUT2D eigenvalue weighted by molar-refractivity contribution is -0.136. The monoisotopic (exact) mass is 368 g/mol. The molecule has 7 heteroatoms. The van der Waals surface area contributed by atoms with Gasteiger partial charge in [-0.15, -0.1) is 0 Å². The number of carbonyl (C=O) groups is 3. The van der Waals surface area contributed by atoms with Crippen molar-refractivity contribution < 1.29 is 14.4 Å². The highest BCUT2D eigenvalue weighted by molar-refractivity contribution is 6.05. The van der Waals surface area contributed by atoms with Crippen molar-refractivity contribution >= 4 is 17.7 Å². The van der Waals surface area contributed by atoms with Crippen molar-refractivity contribution in [2.24, 2.45) is 11.8 Å². The Hall–Kier alpha value is -2.25. The molecule has 4 unspecified atom stereocenters. The van der Waals surface area contributed by atoms with Crippen LogP contribution >= 0.6 is 0 Å². The molecule has 4 aliphatic rings. The molecule has 5 rings (SSSR count). The van der Waals surface area contributed by atoms with Crippen molar-refractivity contribution in [1.82, 2.24) is 20.9 Å². The summed E-state index contributed by atoms with van der Waals surface area (Å²) in [6, 6.07) is 6.00. The summed E-state index contributed by atoms with van der Waals surface area (Å²) < 4.78 is 0. The minimum atomic E-state index is -0.556. The summed E-state index contributed by atoms with van der Waals surface area (Å²) in [5.74, 6) is 0.809. The molecule has 3 heterocycles. The molecule has 3 aliphatic heterocycles. The second-order valence-electron chi connectivity index (χ2n) is 8.15. The minimum absolute atomic E-state index is 0.109. The van der Waals surface area contributed by atoms with Crippen molar-refractivity contribution in [1.29, 1.82) is 0 Å². The molecule has 0 spiro atoms. The first-order valence-electron chi connectivity index (χ1n) is 9.81. The quantitative estimate of drug-likeness (QED) is 0.644. The zero-order valence-corrected chi connectivity index (χ0v) is 15.2. The third-order valence-corrected chi connectivity index (χ3v) is 6.49. The number of rotatable bonds is 5. The van der Waals surface area contributed by atoms with Crippen LogP contribution in [-0.2, 0) is 22.7 Å². The van der Waals surface area contributed by atoms with E-state index < -0.39 is 6.04 Å². The van der Waals surface area contributed by atoms with E-state index in [2.05, 4.69) is 22.0 Å². The summed E-state index contributed by atoms with van der Waals surface area (Å²) in [4.78, 5) is 38.0. The van der Waals surface area contributed by atoms with E-state index in [0.29, 0.717) is 24.4 Å². The normalized spacial score (nSPS) is 31.7. The number of fused-ring (bicyclic) bond motifs is 2. The second-order valence-corrected chi connectivity index (χ2v) is 8.15. The average Bonchev–Trinajstić information content (AvgIpc) is 3.21. The van der Waals surface area contributed by atoms with Crippen molar-refractivity contribution in [3.8, 4) is 0 Å². The van der Waals surface area contributed by atoms with Gasteiger partial charge >= 0.3 is 0 Å². The van der Waals surface area contributed by atoms with E-state index in [-0.39, 0.29) is 24.1 Å². The fourth-order valence-corrected chi connectivity index (χ4v) is 4.86. The molecule has 3 fully saturated rings. The smallest absolute Gasteiger partial charge is 0.255 e. The van der Waals surface area contributed by atoms with Gasteiger partial charge in [0.1, 0.15) is 6.04 Å². The van der Waals surface area contributed by atoms with Gasteiger partial charge in [-0.1, -0.05) is 12.1 Å². The molecule has 0 radical (unpaired) electrons. The van der Waals surface area contributed by atoms with E-state index >= 15 is 0 Å². The molecular formula is C20H24N4O3. The number of benzene rings is 1. The van der Waals surface area contributed by atoms with Gasteiger partial charge in [0, 0.05) is 31.1 Å². The summed E-state index contributed by atoms with van der Waals surface area (Å²) in [5, 5.41) is 9.45. The molecule has 1 aromatic carbocycles. The number of piperidine rings is 2. The van der Waals surface area contributed by atoms with Crippen LogP contribution in [0.3, 0.4) is 0 Å². The predicted octanol–water partition coefficient (Wildman–Crippen LogP) is 0.145. The molecule has 1 aliphatic carbocycles. The zero-order chi connectivity index (χ0) is 18.5. The summed E-state index contributed by atoms with van der Waals surface area (Å²) in [5.41, 5.74) is 2.81. The Labute approximate surface area is 157 Å². The summed E-state index contributed by atoms with van der Waals surface area (Å²) in [7, 11) is 0. The Morgan fingerprint density at radius 2 is 2.11 bits per heavy atom. The molecule has 1 saturated carbocycles. The summed E-state index contributed by atoms with van der Waals surface area (Å²) >= 11 is 0. The highest BCUT2D eigenvalue weighted by Crippen LogP contribution is 2.41. The van der Waals surface area contributed by atoms with Crippen LogP contribution in [0.2, 0.25) is 0 Å². The molecule has 1 aromatic rings. The Balaban J connectivity index is 1.27. The lowest BCUT2D eigenvalue weighted by Gasteiger charge is -2.29. The van der Waals surface area contributed by atoms with Crippen molar-refractivity contribution in [2.75, 3.05) is 13.1 Å². The Morgan fingerprint density at radius 3 is 2.85 bits per heavy atom. The number of amides is 3. The lowest BCUT2D eigenvalue weighted by atomic mass is 10.0. The van der Waals surface area contributed by atoms with E-state index in [9.17, 15) is 14.4 Å². The number of nitrogens with zero attached hydrogens (tertiary/aromatic N) is 1. The molecule has 3 amide bonds. The number of imide groups is 1. The highest BCUT2D eigenvalue weighted by Gasteiger charge is 2.47. The number of carbonyl (C=O) groups excluding carboxylic acids is 3. The van der Waals surface area contributed by atoms with Gasteiger partial charge in [-0.3, -0.25) is 19.7 Å². The first-order chi connectivity index (χ1) is 13.1. The Bertz CT molecular complexity index is 823. The predicted molar refractivity (Wildman–Crippen MR) is 97.6 cm³/mol. The maximum absolute atomic E-state index is 12.8. The molecule has 3 N–H and O–H groups in total. The minimum Gasteiger partial charge on any atom is -0.322 e. The van der Waals surface area contributed by atoms with Gasteiger partial charge in [-0.25, -0.2) is 0 Å². The van der Waals surface area contributed by atoms with Crippen LogP contribution in [0.5, 0.6) is 0 Å². The molecule has 27 heavy (non-hydrogen) atoms. The first-order valence-corrected chi connectivity index (χ1v) is 9.81. The van der Waals surface area contributed by atoms with Crippen molar-refractivity contribution in [3.63, 3.8) is 0 Å². The third kappa shape index (κ3) is 2.95. The molecule has 0 aromatic heterocycles. The maximum atomic E-state index is 12.8. The van der Waals surface area contributed by atoms with Crippen LogP contribution in [-0.4, -0.2) is 47.8 Å². The average molecular weight is 368 g/mol. The van der Waals surface area contributed by atoms with Crippen molar-refractivity contribution in [3.05, 3.63) is 34.9 Å². The molecule has 0 bridgehead atoms. The summed E-state index contributed by atoms with van der Waals surface area (Å²) in [6.45, 7) is 3.25. The van der Waals surface area contributed by atoms with Gasteiger partial charge in [0.15, 0.2) is 0 Å². The van der Waals surface area contributed by atoms with E-state index in [4.69, 9.17) is 0 Å². The molecular weight excluding hydrogens is 344 g/mol. The third-order valence-electron chi connectivity index (χ3n) is 6.49. The van der Waals surface area contributed by atoms with Crippen LogP contribution in [0, 0.1) is 11.8 Å². The van der Waals surface area contributed by atoms with Gasteiger partial charge in [-0.05, 0) is 55.0 Å². The molecule has 4 atom stereocenters. The SMILES string of the molecule is O=C1CCC(N2Cc3c(CNCC4CNC5CC45)cccc3C2=O)C(=O)N1. The largest absolute Gasteiger partial charge is 0.322 e. The number of hydrogen-bond donors (Lipinski definition) is 3. The molecule has 2 saturated heterocycles. The van der Waals surface area contributed by atoms with E-state index in [1.165, 1.54) is 6.42 Å². The van der Waals surface area contributed by atoms with Crippen LogP contribution in [0.1, 0.15) is 40.7 Å². The van der Waals surface area contributed by atoms with E-state index in [1.54, 1.807) is 4.90 Å². The van der Waals surface area contributed by atoms with Crippen LogP contribution in [0.4, 0.5) is 0 Å². The molecule has 7 nitrogen and oxygen atoms in total. The molecule has 142 valence electrons. The summed E-state index contributed by atoms with van der Waals surface area (Å²) in [6.07, 6.45) is 1.99. The van der Waals surface area contributed by atoms with Gasteiger partial charge in [0.25, 0.3) is 5.91 Å². The van der Waals surface area contributed by atoms with Gasteiger partial charge in [-0.2, -0.15) is 0 Å². The maximum Gasteiger partial charge on any atom is 0.255 e. The van der Waals surface area contributed by atoms with Crippen LogP contribution in [0.15, 0.2) is 18.2 Å². The first kappa shape index (κ1) is 16.9.